The molecule has 0 saturated heterocycles. The molecule has 0 bridgehead atoms. The SMILES string of the molecule is C/C(=N\NC(=O)C(=O)Nc1cccc(Cl)c1)c1ccc(OC(=O)c2ccccc2C)cc1. The van der Waals surface area contributed by atoms with Crippen LogP contribution in [0.3, 0.4) is 0 Å². The van der Waals surface area contributed by atoms with Gasteiger partial charge in [0.15, 0.2) is 0 Å². The molecule has 8 heteroatoms. The second-order valence-electron chi connectivity index (χ2n) is 6.83. The van der Waals surface area contributed by atoms with Crippen molar-refractivity contribution in [2.45, 2.75) is 13.8 Å². The monoisotopic (exact) mass is 449 g/mol. The molecular formula is C24H20ClN3O4. The highest BCUT2D eigenvalue weighted by Crippen LogP contribution is 2.17. The number of nitrogens with one attached hydrogen (secondary N) is 2. The predicted octanol–water partition coefficient (Wildman–Crippen LogP) is 4.35. The molecule has 0 unspecified atom stereocenters. The molecule has 32 heavy (non-hydrogen) atoms. The maximum atomic E-state index is 12.3. The number of anilines is 1. The van der Waals surface area contributed by atoms with E-state index >= 15 is 0 Å². The minimum Gasteiger partial charge on any atom is -0.423 e. The van der Waals surface area contributed by atoms with E-state index in [1.807, 2.05) is 19.1 Å². The van der Waals surface area contributed by atoms with E-state index < -0.39 is 17.8 Å². The molecule has 0 aliphatic rings. The summed E-state index contributed by atoms with van der Waals surface area (Å²) < 4.78 is 5.40. The fraction of sp³-hybridized carbons (Fsp3) is 0.0833. The highest BCUT2D eigenvalue weighted by molar-refractivity contribution is 6.40. The van der Waals surface area contributed by atoms with Crippen LogP contribution in [0.25, 0.3) is 0 Å². The lowest BCUT2D eigenvalue weighted by molar-refractivity contribution is -0.136. The van der Waals surface area contributed by atoms with Gasteiger partial charge in [0.25, 0.3) is 0 Å². The Labute approximate surface area is 190 Å². The van der Waals surface area contributed by atoms with Crippen LogP contribution in [0.5, 0.6) is 5.75 Å². The first kappa shape index (κ1) is 22.7. The summed E-state index contributed by atoms with van der Waals surface area (Å²) >= 11 is 5.85. The Morgan fingerprint density at radius 3 is 2.31 bits per heavy atom. The number of aryl methyl sites for hydroxylation is 1. The van der Waals surface area contributed by atoms with E-state index in [4.69, 9.17) is 16.3 Å². The fourth-order valence-corrected chi connectivity index (χ4v) is 2.92. The number of rotatable bonds is 5. The summed E-state index contributed by atoms with van der Waals surface area (Å²) in [5, 5.41) is 6.82. The van der Waals surface area contributed by atoms with E-state index in [0.29, 0.717) is 33.3 Å². The Hall–Kier alpha value is -3.97. The molecule has 3 aromatic rings. The summed E-state index contributed by atoms with van der Waals surface area (Å²) in [6.07, 6.45) is 0. The molecule has 162 valence electrons. The van der Waals surface area contributed by atoms with E-state index in [9.17, 15) is 14.4 Å². The number of esters is 1. The number of ether oxygens (including phenoxy) is 1. The first-order valence-electron chi connectivity index (χ1n) is 9.63. The van der Waals surface area contributed by atoms with Crippen molar-refractivity contribution in [3.63, 3.8) is 0 Å². The molecule has 0 atom stereocenters. The highest BCUT2D eigenvalue weighted by atomic mass is 35.5. The molecule has 0 fully saturated rings. The third-order valence-corrected chi connectivity index (χ3v) is 4.70. The molecule has 7 nitrogen and oxygen atoms in total. The lowest BCUT2D eigenvalue weighted by atomic mass is 10.1. The Bertz CT molecular complexity index is 1190. The Morgan fingerprint density at radius 1 is 0.906 bits per heavy atom. The topological polar surface area (TPSA) is 96.9 Å². The Balaban J connectivity index is 1.58. The number of hydrazone groups is 1. The van der Waals surface area contributed by atoms with Crippen molar-refractivity contribution in [3.05, 3.63) is 94.5 Å². The molecule has 3 aromatic carbocycles. The van der Waals surface area contributed by atoms with Gasteiger partial charge in [0.1, 0.15) is 5.75 Å². The zero-order valence-electron chi connectivity index (χ0n) is 17.4. The van der Waals surface area contributed by atoms with Crippen LogP contribution in [0.2, 0.25) is 5.02 Å². The van der Waals surface area contributed by atoms with Crippen LogP contribution in [0, 0.1) is 6.92 Å². The van der Waals surface area contributed by atoms with E-state index in [0.717, 1.165) is 5.56 Å². The van der Waals surface area contributed by atoms with Gasteiger partial charge >= 0.3 is 17.8 Å². The van der Waals surface area contributed by atoms with E-state index in [-0.39, 0.29) is 0 Å². The van der Waals surface area contributed by atoms with Crippen molar-refractivity contribution >= 4 is 40.8 Å². The Morgan fingerprint density at radius 2 is 1.62 bits per heavy atom. The summed E-state index contributed by atoms with van der Waals surface area (Å²) in [7, 11) is 0. The van der Waals surface area contributed by atoms with Crippen molar-refractivity contribution in [2.75, 3.05) is 5.32 Å². The quantitative estimate of drug-likeness (QED) is 0.199. The third kappa shape index (κ3) is 6.02. The van der Waals surface area contributed by atoms with E-state index in [1.54, 1.807) is 61.5 Å². The number of amides is 2. The molecule has 0 radical (unpaired) electrons. The average Bonchev–Trinajstić information content (AvgIpc) is 2.78. The summed E-state index contributed by atoms with van der Waals surface area (Å²) in [5.74, 6) is -1.87. The lowest BCUT2D eigenvalue weighted by Gasteiger charge is -2.08. The minimum atomic E-state index is -0.923. The van der Waals surface area contributed by atoms with Gasteiger partial charge in [0, 0.05) is 10.7 Å². The van der Waals surface area contributed by atoms with Crippen molar-refractivity contribution in [3.8, 4) is 5.75 Å². The van der Waals surface area contributed by atoms with Gasteiger partial charge in [-0.15, -0.1) is 0 Å². The molecule has 0 spiro atoms. The second-order valence-corrected chi connectivity index (χ2v) is 7.27. The van der Waals surface area contributed by atoms with E-state index in [2.05, 4.69) is 15.8 Å². The lowest BCUT2D eigenvalue weighted by Crippen LogP contribution is -2.32. The Kier molecular flexibility index (Phi) is 7.36. The average molecular weight is 450 g/mol. The van der Waals surface area contributed by atoms with E-state index in [1.165, 1.54) is 6.07 Å². The maximum absolute atomic E-state index is 12.3. The fourth-order valence-electron chi connectivity index (χ4n) is 2.73. The molecule has 2 N–H and O–H groups in total. The molecular weight excluding hydrogens is 430 g/mol. The van der Waals surface area contributed by atoms with Gasteiger partial charge in [0.2, 0.25) is 0 Å². The van der Waals surface area contributed by atoms with Crippen molar-refractivity contribution in [1.29, 1.82) is 0 Å². The maximum Gasteiger partial charge on any atom is 0.343 e. The van der Waals surface area contributed by atoms with Crippen LogP contribution in [0.4, 0.5) is 5.69 Å². The number of carbonyl (C=O) groups excluding carboxylic acids is 3. The predicted molar refractivity (Wildman–Crippen MR) is 123 cm³/mol. The van der Waals surface area contributed by atoms with Gasteiger partial charge < -0.3 is 10.1 Å². The number of carbonyl (C=O) groups is 3. The number of benzene rings is 3. The molecule has 0 heterocycles. The normalized spacial score (nSPS) is 10.9. The van der Waals surface area contributed by atoms with Gasteiger partial charge in [-0.05, 0) is 73.5 Å². The number of hydrogen-bond acceptors (Lipinski definition) is 5. The summed E-state index contributed by atoms with van der Waals surface area (Å²) in [6, 6.07) is 20.2. The summed E-state index contributed by atoms with van der Waals surface area (Å²) in [4.78, 5) is 36.3. The number of hydrogen-bond donors (Lipinski definition) is 2. The van der Waals surface area contributed by atoms with Crippen molar-refractivity contribution < 1.29 is 19.1 Å². The number of nitrogens with zero attached hydrogens (tertiary/aromatic N) is 1. The van der Waals surface area contributed by atoms with Gasteiger partial charge in [-0.25, -0.2) is 10.2 Å². The summed E-state index contributed by atoms with van der Waals surface area (Å²) in [5.41, 5.74) is 5.07. The smallest absolute Gasteiger partial charge is 0.343 e. The summed E-state index contributed by atoms with van der Waals surface area (Å²) in [6.45, 7) is 3.51. The zero-order chi connectivity index (χ0) is 23.1. The molecule has 2 amide bonds. The molecule has 0 aliphatic heterocycles. The first-order chi connectivity index (χ1) is 15.3. The van der Waals surface area contributed by atoms with Crippen LogP contribution in [0.15, 0.2) is 77.9 Å². The molecule has 3 rings (SSSR count). The molecule has 0 aromatic heterocycles. The van der Waals surface area contributed by atoms with Crippen LogP contribution in [0.1, 0.15) is 28.4 Å². The van der Waals surface area contributed by atoms with Gasteiger partial charge in [0.05, 0.1) is 11.3 Å². The third-order valence-electron chi connectivity index (χ3n) is 4.46. The number of halogens is 1. The minimum absolute atomic E-state index is 0.375. The van der Waals surface area contributed by atoms with Crippen LogP contribution in [-0.4, -0.2) is 23.5 Å². The van der Waals surface area contributed by atoms with Crippen LogP contribution in [-0.2, 0) is 9.59 Å². The molecule has 0 saturated carbocycles. The largest absolute Gasteiger partial charge is 0.423 e. The second kappa shape index (κ2) is 10.4. The first-order valence-corrected chi connectivity index (χ1v) is 10.0. The standard InChI is InChI=1S/C24H20ClN3O4/c1-15-6-3-4-9-21(15)24(31)32-20-12-10-17(11-13-20)16(2)27-28-23(30)22(29)26-19-8-5-7-18(25)14-19/h3-14H,1-2H3,(H,26,29)(H,28,30)/b27-16+. The van der Waals surface area contributed by atoms with Gasteiger partial charge in [-0.3, -0.25) is 9.59 Å². The van der Waals surface area contributed by atoms with Crippen molar-refractivity contribution in [1.82, 2.24) is 5.43 Å². The highest BCUT2D eigenvalue weighted by Gasteiger charge is 2.14. The van der Waals surface area contributed by atoms with Gasteiger partial charge in [-0.2, -0.15) is 5.10 Å². The van der Waals surface area contributed by atoms with Crippen LogP contribution < -0.4 is 15.5 Å². The zero-order valence-corrected chi connectivity index (χ0v) is 18.1. The molecule has 0 aliphatic carbocycles. The van der Waals surface area contributed by atoms with Crippen molar-refractivity contribution in [2.24, 2.45) is 5.10 Å². The van der Waals surface area contributed by atoms with Gasteiger partial charge in [-0.1, -0.05) is 35.9 Å². The van der Waals surface area contributed by atoms with Crippen LogP contribution >= 0.6 is 11.6 Å².